The molecule has 3 aromatic carbocycles. The lowest BCUT2D eigenvalue weighted by molar-refractivity contribution is -0.138. The Bertz CT molecular complexity index is 1940. The molecule has 5 atom stereocenters. The van der Waals surface area contributed by atoms with Gasteiger partial charge in [-0.1, -0.05) is 106 Å². The monoisotopic (exact) mass is 763 g/mol. The molecule has 1 aliphatic rings. The number of nitrogens with one attached hydrogen (secondary N) is 5. The Morgan fingerprint density at radius 3 is 2.21 bits per heavy atom. The van der Waals surface area contributed by atoms with E-state index in [1.54, 1.807) is 24.3 Å². The van der Waals surface area contributed by atoms with Gasteiger partial charge in [0.15, 0.2) is 0 Å². The van der Waals surface area contributed by atoms with Crippen LogP contribution < -0.4 is 21.3 Å². The number of phenols is 1. The van der Waals surface area contributed by atoms with E-state index in [-0.39, 0.29) is 49.5 Å². The standard InChI is InChI=1S/C40H47Cl2N5O6/c1-5-23(3)33(36(49)43-21-25-12-14-28(48)15-13-25)45-38(51)40(17-16-32-30(20-40)29-18-27(41)19-31(42)35(29)44-32)47-37(50)34(24(4)6-2)46-39(52)53-22-26-10-8-7-9-11-26/h7-15,18-19,23-24,33-34,44,48H,5-6,16-17,20-22H2,1-4H3,(H,43,49)(H,45,51)(H,46,52)(H,47,50)/t23?,24?,33-,34-,40-/m0/s1. The summed E-state index contributed by atoms with van der Waals surface area (Å²) in [5.41, 5.74) is 2.37. The van der Waals surface area contributed by atoms with E-state index in [2.05, 4.69) is 26.3 Å². The van der Waals surface area contributed by atoms with Crippen molar-refractivity contribution in [1.29, 1.82) is 0 Å². The Morgan fingerprint density at radius 2 is 1.55 bits per heavy atom. The van der Waals surface area contributed by atoms with E-state index in [1.165, 1.54) is 12.1 Å². The number of aromatic amines is 1. The molecule has 0 spiro atoms. The first-order chi connectivity index (χ1) is 25.3. The van der Waals surface area contributed by atoms with Crippen molar-refractivity contribution in [1.82, 2.24) is 26.3 Å². The average molecular weight is 765 g/mol. The summed E-state index contributed by atoms with van der Waals surface area (Å²) in [6, 6.07) is 17.1. The molecule has 2 unspecified atom stereocenters. The molecule has 0 bridgehead atoms. The highest BCUT2D eigenvalue weighted by Crippen LogP contribution is 2.38. The number of ether oxygens (including phenoxy) is 1. The number of aromatic hydroxyl groups is 1. The number of phenolic OH excluding ortho intramolecular Hbond substituents is 1. The molecule has 0 radical (unpaired) electrons. The molecular formula is C40H47Cl2N5O6. The van der Waals surface area contributed by atoms with Crippen LogP contribution in [0.3, 0.4) is 0 Å². The number of alkyl carbamates (subject to hydrolysis) is 1. The van der Waals surface area contributed by atoms with Gasteiger partial charge in [0.05, 0.1) is 10.5 Å². The minimum Gasteiger partial charge on any atom is -0.508 e. The van der Waals surface area contributed by atoms with Gasteiger partial charge in [0.25, 0.3) is 0 Å². The number of carbonyl (C=O) groups excluding carboxylic acids is 4. The number of carbonyl (C=O) groups is 4. The van der Waals surface area contributed by atoms with Crippen molar-refractivity contribution >= 4 is 57.9 Å². The van der Waals surface area contributed by atoms with Gasteiger partial charge in [-0.3, -0.25) is 14.4 Å². The van der Waals surface area contributed by atoms with Gasteiger partial charge in [-0.2, -0.15) is 0 Å². The summed E-state index contributed by atoms with van der Waals surface area (Å²) in [4.78, 5) is 59.2. The van der Waals surface area contributed by atoms with Crippen LogP contribution in [0.4, 0.5) is 4.79 Å². The second-order valence-electron chi connectivity index (χ2n) is 13.9. The van der Waals surface area contributed by atoms with Crippen molar-refractivity contribution in [2.75, 3.05) is 0 Å². The molecule has 0 saturated heterocycles. The zero-order valence-electron chi connectivity index (χ0n) is 30.4. The second kappa shape index (κ2) is 17.4. The van der Waals surface area contributed by atoms with Crippen LogP contribution >= 0.6 is 23.2 Å². The molecule has 4 aromatic rings. The minimum atomic E-state index is -1.52. The molecule has 4 amide bonds. The lowest BCUT2D eigenvalue weighted by atomic mass is 9.78. The van der Waals surface area contributed by atoms with Crippen molar-refractivity contribution < 1.29 is 29.0 Å². The Balaban J connectivity index is 1.44. The summed E-state index contributed by atoms with van der Waals surface area (Å²) in [6.07, 6.45) is 1.03. The van der Waals surface area contributed by atoms with Gasteiger partial charge in [-0.05, 0) is 65.6 Å². The van der Waals surface area contributed by atoms with E-state index in [1.807, 2.05) is 58.0 Å². The number of H-pyrrole nitrogens is 1. The lowest BCUT2D eigenvalue weighted by Gasteiger charge is -2.39. The third kappa shape index (κ3) is 9.44. The number of halogens is 2. The molecule has 11 nitrogen and oxygen atoms in total. The fraction of sp³-hybridized carbons (Fsp3) is 0.400. The maximum absolute atomic E-state index is 14.7. The molecule has 13 heteroatoms. The first-order valence-electron chi connectivity index (χ1n) is 18.0. The number of hydrogen-bond acceptors (Lipinski definition) is 6. The van der Waals surface area contributed by atoms with Crippen LogP contribution in [0.1, 0.15) is 69.3 Å². The Labute approximate surface area is 319 Å². The van der Waals surface area contributed by atoms with Crippen molar-refractivity contribution in [3.8, 4) is 5.75 Å². The zero-order valence-corrected chi connectivity index (χ0v) is 31.9. The SMILES string of the molecule is CCC(C)[C@H](NC(=O)OCc1ccccc1)C(=O)N[C@@]1(C(=O)N[C@H](C(=O)NCc2ccc(O)cc2)C(C)CC)CCc2[nH]c3c(Cl)cc(Cl)cc3c2C1. The highest BCUT2D eigenvalue weighted by molar-refractivity contribution is 6.38. The zero-order chi connectivity index (χ0) is 38.3. The van der Waals surface area contributed by atoms with Crippen LogP contribution in [0.15, 0.2) is 66.7 Å². The lowest BCUT2D eigenvalue weighted by Crippen LogP contribution is -2.67. The van der Waals surface area contributed by atoms with Gasteiger partial charge in [0, 0.05) is 29.1 Å². The number of aromatic nitrogens is 1. The van der Waals surface area contributed by atoms with Crippen LogP contribution in [-0.4, -0.2) is 51.5 Å². The van der Waals surface area contributed by atoms with Gasteiger partial charge < -0.3 is 36.1 Å². The second-order valence-corrected chi connectivity index (χ2v) is 14.8. The number of fused-ring (bicyclic) bond motifs is 3. The van der Waals surface area contributed by atoms with Crippen molar-refractivity contribution in [2.45, 2.75) is 90.6 Å². The maximum atomic E-state index is 14.7. The summed E-state index contributed by atoms with van der Waals surface area (Å²) >= 11 is 13.0. The molecule has 1 aliphatic carbocycles. The van der Waals surface area contributed by atoms with Gasteiger partial charge in [-0.15, -0.1) is 0 Å². The average Bonchev–Trinajstić information content (AvgIpc) is 3.52. The molecule has 0 saturated carbocycles. The topological polar surface area (TPSA) is 162 Å². The highest BCUT2D eigenvalue weighted by Gasteiger charge is 2.47. The van der Waals surface area contributed by atoms with Crippen LogP contribution in [-0.2, 0) is 45.1 Å². The van der Waals surface area contributed by atoms with Gasteiger partial charge >= 0.3 is 6.09 Å². The van der Waals surface area contributed by atoms with E-state index in [9.17, 15) is 24.3 Å². The number of benzene rings is 3. The van der Waals surface area contributed by atoms with Crippen molar-refractivity contribution in [3.05, 3.63) is 99.2 Å². The molecule has 0 fully saturated rings. The van der Waals surface area contributed by atoms with Crippen LogP contribution in [0.2, 0.25) is 10.0 Å². The molecule has 53 heavy (non-hydrogen) atoms. The fourth-order valence-electron chi connectivity index (χ4n) is 6.63. The van der Waals surface area contributed by atoms with Crippen LogP contribution in [0.5, 0.6) is 5.75 Å². The summed E-state index contributed by atoms with van der Waals surface area (Å²) in [6.45, 7) is 7.77. The van der Waals surface area contributed by atoms with Crippen LogP contribution in [0.25, 0.3) is 10.9 Å². The molecule has 5 rings (SSSR count). The highest BCUT2D eigenvalue weighted by atomic mass is 35.5. The first kappa shape index (κ1) is 39.5. The van der Waals surface area contributed by atoms with Crippen LogP contribution in [0, 0.1) is 11.8 Å². The molecule has 6 N–H and O–H groups in total. The normalized spacial score (nSPS) is 17.5. The van der Waals surface area contributed by atoms with E-state index in [0.29, 0.717) is 34.8 Å². The molecule has 1 aromatic heterocycles. The Morgan fingerprint density at radius 1 is 0.887 bits per heavy atom. The number of hydrogen-bond donors (Lipinski definition) is 6. The number of aryl methyl sites for hydroxylation is 1. The van der Waals surface area contributed by atoms with E-state index in [0.717, 1.165) is 27.8 Å². The van der Waals surface area contributed by atoms with Crippen molar-refractivity contribution in [2.24, 2.45) is 11.8 Å². The fourth-order valence-corrected chi connectivity index (χ4v) is 7.17. The predicted molar refractivity (Wildman–Crippen MR) is 206 cm³/mol. The molecule has 0 aliphatic heterocycles. The van der Waals surface area contributed by atoms with Gasteiger partial charge in [-0.25, -0.2) is 4.79 Å². The van der Waals surface area contributed by atoms with Gasteiger partial charge in [0.1, 0.15) is 30.0 Å². The van der Waals surface area contributed by atoms with E-state index < -0.39 is 35.5 Å². The van der Waals surface area contributed by atoms with Gasteiger partial charge in [0.2, 0.25) is 17.7 Å². The number of amides is 4. The van der Waals surface area contributed by atoms with Crippen molar-refractivity contribution in [3.63, 3.8) is 0 Å². The Hall–Kier alpha value is -4.74. The molecule has 282 valence electrons. The smallest absolute Gasteiger partial charge is 0.408 e. The third-order valence-corrected chi connectivity index (χ3v) is 10.8. The third-order valence-electron chi connectivity index (χ3n) is 10.3. The summed E-state index contributed by atoms with van der Waals surface area (Å²) in [5.74, 6) is -1.93. The maximum Gasteiger partial charge on any atom is 0.408 e. The minimum absolute atomic E-state index is 0.0220. The summed E-state index contributed by atoms with van der Waals surface area (Å²) in [7, 11) is 0. The quantitative estimate of drug-likeness (QED) is 0.0837. The van der Waals surface area contributed by atoms with E-state index in [4.69, 9.17) is 27.9 Å². The molecular weight excluding hydrogens is 717 g/mol. The largest absolute Gasteiger partial charge is 0.508 e. The molecule has 1 heterocycles. The number of rotatable bonds is 14. The van der Waals surface area contributed by atoms with E-state index >= 15 is 0 Å². The summed E-state index contributed by atoms with van der Waals surface area (Å²) < 4.78 is 5.46. The summed E-state index contributed by atoms with van der Waals surface area (Å²) in [5, 5.41) is 22.9. The first-order valence-corrected chi connectivity index (χ1v) is 18.7. The predicted octanol–water partition coefficient (Wildman–Crippen LogP) is 6.71. The Kier molecular flexibility index (Phi) is 13.0.